The number of carbonyl (C=O) groups is 5. The molecule has 0 saturated carbocycles. The first-order valence-electron chi connectivity index (χ1n) is 11.1. The number of hydrogen-bond donors (Lipinski definition) is 1. The lowest BCUT2D eigenvalue weighted by atomic mass is 10.0. The molecule has 1 atom stereocenters. The third kappa shape index (κ3) is 4.11. The molecule has 0 aromatic heterocycles. The summed E-state index contributed by atoms with van der Waals surface area (Å²) in [6.07, 6.45) is 1.42. The first-order chi connectivity index (χ1) is 15.3. The molecule has 3 aliphatic heterocycles. The highest BCUT2D eigenvalue weighted by Crippen LogP contribution is 2.23. The molecule has 5 amide bonds. The topological polar surface area (TPSA) is 107 Å². The fourth-order valence-electron chi connectivity index (χ4n) is 4.62. The molecule has 170 valence electrons. The summed E-state index contributed by atoms with van der Waals surface area (Å²) in [5, 5.41) is 3.02. The van der Waals surface area contributed by atoms with Gasteiger partial charge in [0.05, 0.1) is 17.0 Å². The van der Waals surface area contributed by atoms with E-state index in [2.05, 4.69) is 5.32 Å². The minimum Gasteiger partial charge on any atom is -0.353 e. The molecular weight excluding hydrogens is 412 g/mol. The fourth-order valence-corrected chi connectivity index (χ4v) is 4.62. The van der Waals surface area contributed by atoms with Crippen LogP contribution in [0.3, 0.4) is 0 Å². The SMILES string of the molecule is CC(C)N1CC(C(=O)NC2CCN(C(=O)CN3C(=O)c4ccccc4C3=O)CC2)CC1=O. The molecule has 0 spiro atoms. The molecule has 3 heterocycles. The van der Waals surface area contributed by atoms with Crippen LogP contribution in [0.15, 0.2) is 24.3 Å². The number of benzene rings is 1. The second-order valence-electron chi connectivity index (χ2n) is 8.95. The number of carbonyl (C=O) groups excluding carboxylic acids is 5. The summed E-state index contributed by atoms with van der Waals surface area (Å²) in [5.74, 6) is -1.60. The third-order valence-electron chi connectivity index (χ3n) is 6.52. The molecular formula is C23H28N4O5. The van der Waals surface area contributed by atoms with Gasteiger partial charge in [-0.3, -0.25) is 28.9 Å². The van der Waals surface area contributed by atoms with E-state index in [0.717, 1.165) is 4.90 Å². The van der Waals surface area contributed by atoms with Gasteiger partial charge in [-0.1, -0.05) is 12.1 Å². The highest BCUT2D eigenvalue weighted by atomic mass is 16.2. The Morgan fingerprint density at radius 3 is 2.16 bits per heavy atom. The van der Waals surface area contributed by atoms with Crippen molar-refractivity contribution >= 4 is 29.5 Å². The van der Waals surface area contributed by atoms with Crippen molar-refractivity contribution < 1.29 is 24.0 Å². The molecule has 2 saturated heterocycles. The Morgan fingerprint density at radius 2 is 1.62 bits per heavy atom. The van der Waals surface area contributed by atoms with E-state index in [1.54, 1.807) is 34.1 Å². The summed E-state index contributed by atoms with van der Waals surface area (Å²) in [6, 6.07) is 6.58. The Balaban J connectivity index is 1.26. The zero-order chi connectivity index (χ0) is 23.0. The van der Waals surface area contributed by atoms with Gasteiger partial charge in [-0.05, 0) is 38.8 Å². The van der Waals surface area contributed by atoms with Crippen LogP contribution in [0.4, 0.5) is 0 Å². The molecule has 32 heavy (non-hydrogen) atoms. The normalized spacial score (nSPS) is 21.5. The van der Waals surface area contributed by atoms with Gasteiger partial charge in [0.1, 0.15) is 6.54 Å². The Bertz CT molecular complexity index is 932. The van der Waals surface area contributed by atoms with Crippen molar-refractivity contribution in [3.05, 3.63) is 35.4 Å². The van der Waals surface area contributed by atoms with Gasteiger partial charge < -0.3 is 15.1 Å². The van der Waals surface area contributed by atoms with Crippen LogP contribution in [-0.2, 0) is 14.4 Å². The number of amides is 5. The summed E-state index contributed by atoms with van der Waals surface area (Å²) in [5.41, 5.74) is 0.654. The summed E-state index contributed by atoms with van der Waals surface area (Å²) in [7, 11) is 0. The lowest BCUT2D eigenvalue weighted by Gasteiger charge is -2.33. The number of fused-ring (bicyclic) bond motifs is 1. The van der Waals surface area contributed by atoms with Gasteiger partial charge in [-0.25, -0.2) is 0 Å². The summed E-state index contributed by atoms with van der Waals surface area (Å²) < 4.78 is 0. The van der Waals surface area contributed by atoms with Gasteiger partial charge in [-0.2, -0.15) is 0 Å². The van der Waals surface area contributed by atoms with E-state index in [9.17, 15) is 24.0 Å². The molecule has 4 rings (SSSR count). The second-order valence-corrected chi connectivity index (χ2v) is 8.95. The molecule has 9 nitrogen and oxygen atoms in total. The van der Waals surface area contributed by atoms with Gasteiger partial charge in [-0.15, -0.1) is 0 Å². The van der Waals surface area contributed by atoms with Gasteiger partial charge in [0.25, 0.3) is 11.8 Å². The van der Waals surface area contributed by atoms with Crippen molar-refractivity contribution in [3.63, 3.8) is 0 Å². The van der Waals surface area contributed by atoms with Gasteiger partial charge in [0.15, 0.2) is 0 Å². The van der Waals surface area contributed by atoms with E-state index in [1.807, 2.05) is 13.8 Å². The van der Waals surface area contributed by atoms with Crippen molar-refractivity contribution in [2.45, 2.75) is 45.2 Å². The predicted octanol–water partition coefficient (Wildman–Crippen LogP) is 0.647. The van der Waals surface area contributed by atoms with Crippen molar-refractivity contribution in [1.29, 1.82) is 0 Å². The van der Waals surface area contributed by atoms with Crippen LogP contribution < -0.4 is 5.32 Å². The van der Waals surface area contributed by atoms with Gasteiger partial charge in [0.2, 0.25) is 17.7 Å². The first kappa shape index (κ1) is 22.0. The maximum absolute atomic E-state index is 12.7. The highest BCUT2D eigenvalue weighted by Gasteiger charge is 2.38. The Morgan fingerprint density at radius 1 is 1.03 bits per heavy atom. The monoisotopic (exact) mass is 440 g/mol. The van der Waals surface area contributed by atoms with Gasteiger partial charge >= 0.3 is 0 Å². The summed E-state index contributed by atoms with van der Waals surface area (Å²) in [6.45, 7) is 4.92. The molecule has 9 heteroatoms. The number of rotatable bonds is 5. The van der Waals surface area contributed by atoms with E-state index >= 15 is 0 Å². The Kier molecular flexibility index (Phi) is 5.99. The minimum absolute atomic E-state index is 0.00808. The number of imide groups is 1. The molecule has 0 aliphatic carbocycles. The lowest BCUT2D eigenvalue weighted by Crippen LogP contribution is -2.50. The van der Waals surface area contributed by atoms with Crippen molar-refractivity contribution in [1.82, 2.24) is 20.0 Å². The molecule has 0 radical (unpaired) electrons. The zero-order valence-electron chi connectivity index (χ0n) is 18.4. The maximum atomic E-state index is 12.7. The third-order valence-corrected chi connectivity index (χ3v) is 6.52. The van der Waals surface area contributed by atoms with E-state index in [1.165, 1.54) is 0 Å². The summed E-state index contributed by atoms with van der Waals surface area (Å²) >= 11 is 0. The van der Waals surface area contributed by atoms with Gasteiger partial charge in [0, 0.05) is 38.1 Å². The van der Waals surface area contributed by atoms with Crippen LogP contribution in [0.5, 0.6) is 0 Å². The van der Waals surface area contributed by atoms with E-state index < -0.39 is 11.8 Å². The lowest BCUT2D eigenvalue weighted by molar-refractivity contribution is -0.133. The second kappa shape index (κ2) is 8.72. The first-order valence-corrected chi connectivity index (χ1v) is 11.1. The number of likely N-dealkylation sites (tertiary alicyclic amines) is 2. The molecule has 1 aromatic rings. The maximum Gasteiger partial charge on any atom is 0.262 e. The van der Waals surface area contributed by atoms with Crippen LogP contribution in [0.25, 0.3) is 0 Å². The van der Waals surface area contributed by atoms with Crippen molar-refractivity contribution in [3.8, 4) is 0 Å². The quantitative estimate of drug-likeness (QED) is 0.677. The van der Waals surface area contributed by atoms with Crippen molar-refractivity contribution in [2.75, 3.05) is 26.2 Å². The molecule has 3 aliphatic rings. The van der Waals surface area contributed by atoms with Crippen LogP contribution in [0, 0.1) is 5.92 Å². The molecule has 0 bridgehead atoms. The number of piperidine rings is 1. The minimum atomic E-state index is -0.442. The van der Waals surface area contributed by atoms with E-state index in [-0.39, 0.29) is 48.7 Å². The fraction of sp³-hybridized carbons (Fsp3) is 0.522. The molecule has 1 unspecified atom stereocenters. The standard InChI is InChI=1S/C23H28N4O5/c1-14(2)26-12-15(11-19(26)28)21(30)24-16-7-9-25(10-8-16)20(29)13-27-22(31)17-5-3-4-6-18(17)23(27)32/h3-6,14-16H,7-13H2,1-2H3,(H,24,30). The van der Waals surface area contributed by atoms with Crippen LogP contribution >= 0.6 is 0 Å². The molecule has 2 fully saturated rings. The largest absolute Gasteiger partial charge is 0.353 e. The predicted molar refractivity (Wildman–Crippen MR) is 115 cm³/mol. The van der Waals surface area contributed by atoms with Crippen LogP contribution in [-0.4, -0.2) is 82.5 Å². The molecule has 1 N–H and O–H groups in total. The van der Waals surface area contributed by atoms with Crippen molar-refractivity contribution in [2.24, 2.45) is 5.92 Å². The van der Waals surface area contributed by atoms with Crippen LogP contribution in [0.2, 0.25) is 0 Å². The number of nitrogens with zero attached hydrogens (tertiary/aromatic N) is 3. The number of nitrogens with one attached hydrogen (secondary N) is 1. The Hall–Kier alpha value is -3.23. The average Bonchev–Trinajstić information content (AvgIpc) is 3.28. The summed E-state index contributed by atoms with van der Waals surface area (Å²) in [4.78, 5) is 66.7. The average molecular weight is 441 g/mol. The molecule has 1 aromatic carbocycles. The highest BCUT2D eigenvalue weighted by molar-refractivity contribution is 6.22. The Labute approximate surface area is 186 Å². The zero-order valence-corrected chi connectivity index (χ0v) is 18.4. The smallest absolute Gasteiger partial charge is 0.262 e. The van der Waals surface area contributed by atoms with E-state index in [0.29, 0.717) is 43.6 Å². The number of hydrogen-bond acceptors (Lipinski definition) is 5. The van der Waals surface area contributed by atoms with E-state index in [4.69, 9.17) is 0 Å². The van der Waals surface area contributed by atoms with Crippen LogP contribution in [0.1, 0.15) is 53.8 Å².